The smallest absolute Gasteiger partial charge is 0.232 e. The summed E-state index contributed by atoms with van der Waals surface area (Å²) in [5.41, 5.74) is 1.32. The molecule has 2 aromatic carbocycles. The summed E-state index contributed by atoms with van der Waals surface area (Å²) >= 11 is 0. The highest BCUT2D eigenvalue weighted by Crippen LogP contribution is 2.37. The van der Waals surface area contributed by atoms with Gasteiger partial charge >= 0.3 is 0 Å². The van der Waals surface area contributed by atoms with Crippen molar-refractivity contribution in [3.8, 4) is 22.8 Å². The first-order valence-electron chi connectivity index (χ1n) is 10.9. The van der Waals surface area contributed by atoms with Gasteiger partial charge in [0.05, 0.1) is 17.1 Å². The third kappa shape index (κ3) is 5.25. The molecule has 0 aliphatic carbocycles. The van der Waals surface area contributed by atoms with Crippen LogP contribution in [0.15, 0.2) is 42.5 Å². The highest BCUT2D eigenvalue weighted by atomic mass is 32.2. The predicted molar refractivity (Wildman–Crippen MR) is 129 cm³/mol. The first-order valence-corrected chi connectivity index (χ1v) is 12.6. The number of aromatic nitrogens is 4. The summed E-state index contributed by atoms with van der Waals surface area (Å²) in [6, 6.07) is 8.72. The Balaban J connectivity index is 1.90. The van der Waals surface area contributed by atoms with Crippen LogP contribution in [0.2, 0.25) is 0 Å². The Morgan fingerprint density at radius 2 is 1.81 bits per heavy atom. The van der Waals surface area contributed by atoms with Crippen LogP contribution in [0.4, 0.5) is 20.2 Å². The zero-order valence-corrected chi connectivity index (χ0v) is 20.4. The first-order chi connectivity index (χ1) is 17.1. The maximum atomic E-state index is 14.3. The SMILES string of the molecule is CCC(=O)Nc1cc(-c2cc(NS(=O)(=O)CC)ccc2Oc2ccc(F)cc2F)nn2c(C)nnc12. The highest BCUT2D eigenvalue weighted by Gasteiger charge is 2.19. The van der Waals surface area contributed by atoms with Crippen molar-refractivity contribution in [1.82, 2.24) is 19.8 Å². The highest BCUT2D eigenvalue weighted by molar-refractivity contribution is 7.92. The summed E-state index contributed by atoms with van der Waals surface area (Å²) in [6.07, 6.45) is 0.212. The third-order valence-electron chi connectivity index (χ3n) is 5.14. The number of nitrogens with zero attached hydrogens (tertiary/aromatic N) is 4. The number of ether oxygens (including phenoxy) is 1. The van der Waals surface area contributed by atoms with Crippen LogP contribution in [-0.2, 0) is 14.8 Å². The van der Waals surface area contributed by atoms with E-state index in [0.29, 0.717) is 23.2 Å². The predicted octanol–water partition coefficient (Wildman–Crippen LogP) is 4.28. The number of fused-ring (bicyclic) bond motifs is 1. The number of amides is 1. The van der Waals surface area contributed by atoms with Crippen LogP contribution in [0.3, 0.4) is 0 Å². The van der Waals surface area contributed by atoms with Crippen LogP contribution in [0.25, 0.3) is 16.9 Å². The molecule has 13 heteroatoms. The molecule has 4 aromatic rings. The average molecular weight is 517 g/mol. The number of carbonyl (C=O) groups is 1. The topological polar surface area (TPSA) is 128 Å². The van der Waals surface area contributed by atoms with Crippen molar-refractivity contribution in [2.24, 2.45) is 0 Å². The Kier molecular flexibility index (Phi) is 6.84. The van der Waals surface area contributed by atoms with Gasteiger partial charge in [-0.05, 0) is 50.2 Å². The monoisotopic (exact) mass is 516 g/mol. The molecule has 0 fully saturated rings. The lowest BCUT2D eigenvalue weighted by Crippen LogP contribution is -2.14. The van der Waals surface area contributed by atoms with Crippen LogP contribution in [0, 0.1) is 18.6 Å². The van der Waals surface area contributed by atoms with E-state index in [9.17, 15) is 22.0 Å². The van der Waals surface area contributed by atoms with E-state index in [-0.39, 0.29) is 46.5 Å². The van der Waals surface area contributed by atoms with Crippen molar-refractivity contribution >= 4 is 33.0 Å². The van der Waals surface area contributed by atoms with E-state index in [0.717, 1.165) is 12.1 Å². The number of anilines is 2. The van der Waals surface area contributed by atoms with Crippen LogP contribution in [0.5, 0.6) is 11.5 Å². The van der Waals surface area contributed by atoms with Gasteiger partial charge in [-0.2, -0.15) is 9.61 Å². The van der Waals surface area contributed by atoms with E-state index in [1.54, 1.807) is 13.8 Å². The van der Waals surface area contributed by atoms with Gasteiger partial charge in [0.2, 0.25) is 21.6 Å². The van der Waals surface area contributed by atoms with Crippen LogP contribution in [0.1, 0.15) is 26.1 Å². The van der Waals surface area contributed by atoms with E-state index in [2.05, 4.69) is 25.3 Å². The van der Waals surface area contributed by atoms with Crippen molar-refractivity contribution in [2.45, 2.75) is 27.2 Å². The summed E-state index contributed by atoms with van der Waals surface area (Å²) in [7, 11) is -3.61. The minimum Gasteiger partial charge on any atom is -0.454 e. The third-order valence-corrected chi connectivity index (χ3v) is 6.45. The summed E-state index contributed by atoms with van der Waals surface area (Å²) in [5.74, 6) is -1.84. The second-order valence-corrected chi connectivity index (χ2v) is 9.73. The zero-order valence-electron chi connectivity index (χ0n) is 19.5. The van der Waals surface area contributed by atoms with Gasteiger partial charge < -0.3 is 10.1 Å². The normalized spacial score (nSPS) is 11.5. The van der Waals surface area contributed by atoms with Crippen LogP contribution < -0.4 is 14.8 Å². The minimum absolute atomic E-state index is 0.102. The summed E-state index contributed by atoms with van der Waals surface area (Å²) < 4.78 is 61.6. The Hall–Kier alpha value is -4.13. The fourth-order valence-corrected chi connectivity index (χ4v) is 3.89. The van der Waals surface area contributed by atoms with Crippen LogP contribution in [-0.4, -0.2) is 39.9 Å². The molecule has 0 bridgehead atoms. The van der Waals surface area contributed by atoms with Gasteiger partial charge in [-0.1, -0.05) is 6.92 Å². The summed E-state index contributed by atoms with van der Waals surface area (Å²) in [4.78, 5) is 12.1. The van der Waals surface area contributed by atoms with E-state index in [1.165, 1.54) is 35.7 Å². The molecule has 0 atom stereocenters. The molecule has 2 N–H and O–H groups in total. The summed E-state index contributed by atoms with van der Waals surface area (Å²) in [5, 5.41) is 15.3. The van der Waals surface area contributed by atoms with Crippen molar-refractivity contribution in [3.05, 3.63) is 59.9 Å². The van der Waals surface area contributed by atoms with Gasteiger partial charge in [0.25, 0.3) is 0 Å². The quantitative estimate of drug-likeness (QED) is 0.358. The molecule has 0 saturated heterocycles. The fourth-order valence-electron chi connectivity index (χ4n) is 3.26. The summed E-state index contributed by atoms with van der Waals surface area (Å²) in [6.45, 7) is 4.85. The number of nitrogens with one attached hydrogen (secondary N) is 2. The molecule has 0 radical (unpaired) electrons. The number of benzene rings is 2. The van der Waals surface area contributed by atoms with E-state index < -0.39 is 21.7 Å². The number of sulfonamides is 1. The second kappa shape index (κ2) is 9.85. The van der Waals surface area contributed by atoms with Gasteiger partial charge in [0.1, 0.15) is 11.6 Å². The maximum Gasteiger partial charge on any atom is 0.232 e. The van der Waals surface area contributed by atoms with E-state index in [1.807, 2.05) is 0 Å². The van der Waals surface area contributed by atoms with Crippen LogP contribution >= 0.6 is 0 Å². The molecule has 36 heavy (non-hydrogen) atoms. The molecule has 2 aromatic heterocycles. The van der Waals surface area contributed by atoms with Crippen molar-refractivity contribution in [2.75, 3.05) is 15.8 Å². The minimum atomic E-state index is -3.61. The zero-order chi connectivity index (χ0) is 26.0. The second-order valence-electron chi connectivity index (χ2n) is 7.72. The van der Waals surface area contributed by atoms with Crippen molar-refractivity contribution in [3.63, 3.8) is 0 Å². The lowest BCUT2D eigenvalue weighted by atomic mass is 10.1. The lowest BCUT2D eigenvalue weighted by Gasteiger charge is -2.15. The van der Waals surface area contributed by atoms with Gasteiger partial charge in [0.15, 0.2) is 17.4 Å². The molecule has 4 rings (SSSR count). The standard InChI is InChI=1S/C23H22F2N6O4S/c1-4-22(32)26-19-12-18(29-31-13(3)27-28-23(19)31)16-11-15(30-36(33,34)5-2)7-9-20(16)35-21-8-6-14(24)10-17(21)25/h6-12,30H,4-5H2,1-3H3,(H,26,32). The number of carbonyl (C=O) groups excluding carboxylic acids is 1. The lowest BCUT2D eigenvalue weighted by molar-refractivity contribution is -0.115. The Labute approximate surface area is 205 Å². The van der Waals surface area contributed by atoms with E-state index >= 15 is 0 Å². The largest absolute Gasteiger partial charge is 0.454 e. The number of hydrogen-bond acceptors (Lipinski definition) is 7. The Morgan fingerprint density at radius 3 is 2.50 bits per heavy atom. The molecular formula is C23H22F2N6O4S. The molecule has 1 amide bonds. The molecule has 0 spiro atoms. The van der Waals surface area contributed by atoms with Gasteiger partial charge in [-0.15, -0.1) is 10.2 Å². The van der Waals surface area contributed by atoms with Crippen molar-refractivity contribution in [1.29, 1.82) is 0 Å². The van der Waals surface area contributed by atoms with Crippen molar-refractivity contribution < 1.29 is 26.7 Å². The average Bonchev–Trinajstić information content (AvgIpc) is 3.22. The fraction of sp³-hybridized carbons (Fsp3) is 0.217. The molecule has 10 nitrogen and oxygen atoms in total. The molecule has 0 unspecified atom stereocenters. The number of halogens is 2. The van der Waals surface area contributed by atoms with E-state index in [4.69, 9.17) is 4.74 Å². The molecule has 188 valence electrons. The maximum absolute atomic E-state index is 14.3. The Morgan fingerprint density at radius 1 is 1.06 bits per heavy atom. The van der Waals surface area contributed by atoms with Gasteiger partial charge in [-0.25, -0.2) is 17.2 Å². The molecular weight excluding hydrogens is 494 g/mol. The molecule has 2 heterocycles. The first kappa shape index (κ1) is 25.0. The number of hydrogen-bond donors (Lipinski definition) is 2. The molecule has 0 aliphatic heterocycles. The number of rotatable bonds is 8. The Bertz CT molecular complexity index is 1570. The van der Waals surface area contributed by atoms with Gasteiger partial charge in [0, 0.05) is 23.7 Å². The number of aryl methyl sites for hydroxylation is 1. The molecule has 0 saturated carbocycles. The van der Waals surface area contributed by atoms with Gasteiger partial charge in [-0.3, -0.25) is 9.52 Å². The molecule has 0 aliphatic rings.